The van der Waals surface area contributed by atoms with E-state index in [0.717, 1.165) is 36.3 Å². The van der Waals surface area contributed by atoms with Crippen LogP contribution in [0.1, 0.15) is 32.1 Å². The van der Waals surface area contributed by atoms with Gasteiger partial charge in [0.15, 0.2) is 0 Å². The molecule has 0 aromatic rings. The van der Waals surface area contributed by atoms with Gasteiger partial charge in [-0.1, -0.05) is 6.42 Å². The van der Waals surface area contributed by atoms with E-state index in [2.05, 4.69) is 26.5 Å². The highest BCUT2D eigenvalue weighted by Crippen LogP contribution is 2.48. The van der Waals surface area contributed by atoms with Crippen molar-refractivity contribution in [3.63, 3.8) is 0 Å². The highest BCUT2D eigenvalue weighted by molar-refractivity contribution is 5.79. The molecular weight excluding hydrogens is 339 g/mol. The zero-order valence-corrected chi connectivity index (χ0v) is 14.1. The van der Waals surface area contributed by atoms with Crippen LogP contribution in [-0.4, -0.2) is 44.6 Å². The number of carbonyl (C=O) groups is 1. The van der Waals surface area contributed by atoms with E-state index < -0.39 is 0 Å². The van der Waals surface area contributed by atoms with Crippen LogP contribution < -0.4 is 29.3 Å². The first-order valence-electron chi connectivity index (χ1n) is 7.04. The number of halogens is 1. The average Bonchev–Trinajstić information content (AvgIpc) is 2.84. The lowest BCUT2D eigenvalue weighted by atomic mass is 9.88. The molecule has 0 heterocycles. The molecule has 1 amide bonds. The topological polar surface area (TPSA) is 29.1 Å². The fraction of sp³-hybridized carbons (Fsp3) is 0.929. The van der Waals surface area contributed by atoms with Crippen molar-refractivity contribution in [1.82, 2.24) is 5.32 Å². The van der Waals surface area contributed by atoms with Crippen molar-refractivity contribution in [2.24, 2.45) is 17.8 Å². The smallest absolute Gasteiger partial charge is 0.223 e. The van der Waals surface area contributed by atoms with Crippen LogP contribution in [0.3, 0.4) is 0 Å². The number of nitrogens with one attached hydrogen (secondary N) is 1. The van der Waals surface area contributed by atoms with Crippen molar-refractivity contribution in [1.29, 1.82) is 0 Å². The molecule has 4 heteroatoms. The quantitative estimate of drug-likeness (QED) is 0.364. The Morgan fingerprint density at radius 1 is 1.22 bits per heavy atom. The van der Waals surface area contributed by atoms with Gasteiger partial charge in [-0.05, 0) is 31.1 Å². The molecular formula is C14H27IN2O. The molecule has 2 aliphatic carbocycles. The Hall–Kier alpha value is 0.160. The summed E-state index contributed by atoms with van der Waals surface area (Å²) in [5, 5.41) is 3.13. The molecule has 0 spiro atoms. The predicted molar refractivity (Wildman–Crippen MR) is 69.5 cm³/mol. The minimum atomic E-state index is 0. The van der Waals surface area contributed by atoms with E-state index in [-0.39, 0.29) is 24.0 Å². The molecule has 0 aliphatic heterocycles. The summed E-state index contributed by atoms with van der Waals surface area (Å²) in [7, 11) is 6.58. The zero-order valence-electron chi connectivity index (χ0n) is 11.9. The maximum atomic E-state index is 12.0. The molecule has 2 aliphatic rings. The summed E-state index contributed by atoms with van der Waals surface area (Å²) >= 11 is 0. The summed E-state index contributed by atoms with van der Waals surface area (Å²) in [5.74, 6) is 2.25. The molecule has 0 radical (unpaired) electrons. The van der Waals surface area contributed by atoms with Crippen LogP contribution in [0.5, 0.6) is 0 Å². The SMILES string of the molecule is C[N+](C)(C)CCCNC(=O)C1CC2CCC1C2.[I-]. The molecule has 0 aromatic heterocycles. The predicted octanol–water partition coefficient (Wildman–Crippen LogP) is -1.36. The third-order valence-corrected chi connectivity index (χ3v) is 4.38. The fourth-order valence-electron chi connectivity index (χ4n) is 3.46. The second kappa shape index (κ2) is 6.55. The van der Waals surface area contributed by atoms with Crippen LogP contribution in [0.4, 0.5) is 0 Å². The van der Waals surface area contributed by atoms with E-state index in [9.17, 15) is 4.79 Å². The van der Waals surface area contributed by atoms with Crippen LogP contribution >= 0.6 is 0 Å². The van der Waals surface area contributed by atoms with Crippen molar-refractivity contribution in [3.8, 4) is 0 Å². The fourth-order valence-corrected chi connectivity index (χ4v) is 3.46. The summed E-state index contributed by atoms with van der Waals surface area (Å²) < 4.78 is 0.976. The van der Waals surface area contributed by atoms with E-state index in [1.54, 1.807) is 0 Å². The van der Waals surface area contributed by atoms with Gasteiger partial charge in [-0.3, -0.25) is 4.79 Å². The lowest BCUT2D eigenvalue weighted by Crippen LogP contribution is -3.00. The molecule has 3 unspecified atom stereocenters. The van der Waals surface area contributed by atoms with Gasteiger partial charge >= 0.3 is 0 Å². The number of nitrogens with zero attached hydrogens (tertiary/aromatic N) is 1. The van der Waals surface area contributed by atoms with Gasteiger partial charge in [0.2, 0.25) is 5.91 Å². The Kier molecular flexibility index (Phi) is 5.90. The monoisotopic (exact) mass is 366 g/mol. The van der Waals surface area contributed by atoms with Gasteiger partial charge in [0.25, 0.3) is 0 Å². The van der Waals surface area contributed by atoms with E-state index in [4.69, 9.17) is 0 Å². The molecule has 106 valence electrons. The minimum absolute atomic E-state index is 0. The number of quaternary nitrogens is 1. The van der Waals surface area contributed by atoms with Crippen molar-refractivity contribution in [2.75, 3.05) is 34.2 Å². The summed E-state index contributed by atoms with van der Waals surface area (Å²) in [6, 6.07) is 0. The van der Waals surface area contributed by atoms with Crippen molar-refractivity contribution in [3.05, 3.63) is 0 Å². The Bertz CT molecular complexity index is 288. The lowest BCUT2D eigenvalue weighted by Gasteiger charge is -2.24. The summed E-state index contributed by atoms with van der Waals surface area (Å²) in [6.45, 7) is 1.97. The van der Waals surface area contributed by atoms with E-state index in [1.165, 1.54) is 19.3 Å². The van der Waals surface area contributed by atoms with E-state index in [0.29, 0.717) is 17.7 Å². The lowest BCUT2D eigenvalue weighted by molar-refractivity contribution is -0.870. The van der Waals surface area contributed by atoms with Gasteiger partial charge in [-0.25, -0.2) is 0 Å². The summed E-state index contributed by atoms with van der Waals surface area (Å²) in [6.07, 6.45) is 6.22. The number of carbonyl (C=O) groups excluding carboxylic acids is 1. The molecule has 2 rings (SSSR count). The van der Waals surface area contributed by atoms with Gasteiger partial charge in [0.05, 0.1) is 27.7 Å². The molecule has 0 saturated heterocycles. The number of rotatable bonds is 5. The van der Waals surface area contributed by atoms with Crippen LogP contribution in [-0.2, 0) is 4.79 Å². The molecule has 2 bridgehead atoms. The maximum absolute atomic E-state index is 12.0. The standard InChI is InChI=1S/C14H26N2O.HI/c1-16(2,3)8-4-7-15-14(17)13-10-11-5-6-12(13)9-11;/h11-13H,4-10H2,1-3H3;1H. The number of hydrogen-bond acceptors (Lipinski definition) is 1. The third kappa shape index (κ3) is 4.37. The van der Waals surface area contributed by atoms with Crippen LogP contribution in [0.15, 0.2) is 0 Å². The highest BCUT2D eigenvalue weighted by atomic mass is 127. The summed E-state index contributed by atoms with van der Waals surface area (Å²) in [5.41, 5.74) is 0. The number of amides is 1. The van der Waals surface area contributed by atoms with Gasteiger partial charge < -0.3 is 33.8 Å². The molecule has 2 fully saturated rings. The Morgan fingerprint density at radius 3 is 2.44 bits per heavy atom. The van der Waals surface area contributed by atoms with Gasteiger partial charge in [-0.15, -0.1) is 0 Å². The van der Waals surface area contributed by atoms with E-state index >= 15 is 0 Å². The average molecular weight is 366 g/mol. The van der Waals surface area contributed by atoms with Gasteiger partial charge in [0.1, 0.15) is 0 Å². The summed E-state index contributed by atoms with van der Waals surface area (Å²) in [4.78, 5) is 12.0. The molecule has 18 heavy (non-hydrogen) atoms. The first-order valence-corrected chi connectivity index (χ1v) is 7.04. The first-order chi connectivity index (χ1) is 7.96. The molecule has 3 atom stereocenters. The second-order valence-corrected chi connectivity index (χ2v) is 6.94. The Balaban J connectivity index is 0.00000162. The van der Waals surface area contributed by atoms with Crippen molar-refractivity contribution < 1.29 is 33.3 Å². The zero-order chi connectivity index (χ0) is 12.5. The van der Waals surface area contributed by atoms with Crippen LogP contribution in [0, 0.1) is 17.8 Å². The molecule has 2 saturated carbocycles. The number of hydrogen-bond donors (Lipinski definition) is 1. The van der Waals surface area contributed by atoms with Gasteiger partial charge in [-0.2, -0.15) is 0 Å². The van der Waals surface area contributed by atoms with Crippen molar-refractivity contribution >= 4 is 5.91 Å². The largest absolute Gasteiger partial charge is 1.00 e. The normalized spacial score (nSPS) is 30.1. The third-order valence-electron chi connectivity index (χ3n) is 4.38. The number of fused-ring (bicyclic) bond motifs is 2. The van der Waals surface area contributed by atoms with Crippen molar-refractivity contribution in [2.45, 2.75) is 32.1 Å². The minimum Gasteiger partial charge on any atom is -1.00 e. The Morgan fingerprint density at radius 2 is 1.94 bits per heavy atom. The maximum Gasteiger partial charge on any atom is 0.223 e. The molecule has 3 nitrogen and oxygen atoms in total. The second-order valence-electron chi connectivity index (χ2n) is 6.94. The molecule has 1 N–H and O–H groups in total. The Labute approximate surface area is 128 Å². The van der Waals surface area contributed by atoms with Crippen LogP contribution in [0.25, 0.3) is 0 Å². The molecule has 0 aromatic carbocycles. The van der Waals surface area contributed by atoms with E-state index in [1.807, 2.05) is 0 Å². The van der Waals surface area contributed by atoms with Gasteiger partial charge in [0, 0.05) is 18.9 Å². The highest BCUT2D eigenvalue weighted by Gasteiger charge is 2.42. The first kappa shape index (κ1) is 16.2. The van der Waals surface area contributed by atoms with Crippen LogP contribution in [0.2, 0.25) is 0 Å².